The Hall–Kier alpha value is -3.12. The van der Waals surface area contributed by atoms with Crippen molar-refractivity contribution in [3.8, 4) is 0 Å². The standard InChI is InChI=1S/C16H24.C15H22.C12H18.C11H22.C11H16.C10H20.C9H20.C8H18/c1-13(2)12-14-8-10-16(11-9-14)15-6-4-3-5-7-15;1-12(2)10-13-8-9-15(11-13)14-6-4-3-5-7-14;1-10(2)9-11(3)12-7-5-4-6-8-12;2*1-10(2)8-9-11-6-4-3-5-7-11;1-9(2)8-10-6-4-3-5-7-10;1-5-9(6-2)7-8(3)4;1-5-8(4)6-7(2)3/h3-7,13-14,16H,8-12H2,1-2H3;3-7,12-13,15H,8-11H2,1-2H3;4-8,10-11H,9H2,1-3H3;10-11H,3-9H2,1-2H3;3-7,10H,8-9H2,1-2H3;9-10H,3-8H2,1-2H3;8-9H,5-7H2,1-4H3;7-8H,5-6H2,1-4H3/t;;11-;;;;;8-/m..1....0/s1. The Labute approximate surface area is 578 Å². The lowest BCUT2D eigenvalue weighted by Gasteiger charge is -2.29. The SMILES string of the molecule is CC(C)CC1CCC(c2ccccc2)C1.CC(C)CC1CCC(c2ccccc2)CC1.CC(C)CC1CCCCC1.CC(C)CCC1CCCCC1.CC(C)CCc1ccccc1.CC(C)C[C@@H](C)c1ccccc1.CCC(CC)CC(C)C.CC[C@H](C)CC(C)C. The van der Waals surface area contributed by atoms with Crippen LogP contribution in [0, 0.1) is 82.9 Å². The largest absolute Gasteiger partial charge is 0.0651 e. The lowest BCUT2D eigenvalue weighted by atomic mass is 9.76. The Bertz CT molecular complexity index is 2120. The molecule has 528 valence electrons. The van der Waals surface area contributed by atoms with Gasteiger partial charge in [-0.05, 0) is 219 Å². The molecule has 0 radical (unpaired) electrons. The number of hydrogen-bond donors (Lipinski definition) is 0. The molecule has 0 aliphatic heterocycles. The minimum Gasteiger partial charge on any atom is -0.0651 e. The number of aryl methyl sites for hydroxylation is 1. The zero-order valence-corrected chi connectivity index (χ0v) is 65.6. The second kappa shape index (κ2) is 54.9. The van der Waals surface area contributed by atoms with Crippen molar-refractivity contribution < 1.29 is 0 Å². The second-order valence-electron chi connectivity index (χ2n) is 33.6. The van der Waals surface area contributed by atoms with Gasteiger partial charge in [-0.2, -0.15) is 0 Å². The molecule has 92 heavy (non-hydrogen) atoms. The van der Waals surface area contributed by atoms with Crippen LogP contribution in [0.25, 0.3) is 0 Å². The van der Waals surface area contributed by atoms with Gasteiger partial charge < -0.3 is 0 Å². The van der Waals surface area contributed by atoms with Crippen LogP contribution < -0.4 is 0 Å². The van der Waals surface area contributed by atoms with E-state index in [-0.39, 0.29) is 0 Å². The molecule has 4 fully saturated rings. The van der Waals surface area contributed by atoms with E-state index >= 15 is 0 Å². The maximum atomic E-state index is 2.35. The molecule has 4 saturated carbocycles. The van der Waals surface area contributed by atoms with E-state index in [0.717, 1.165) is 94.7 Å². The molecule has 4 atom stereocenters. The molecule has 4 aromatic carbocycles. The molecule has 0 spiro atoms. The number of benzene rings is 4. The van der Waals surface area contributed by atoms with Crippen LogP contribution in [0.1, 0.15) is 372 Å². The van der Waals surface area contributed by atoms with E-state index < -0.39 is 0 Å². The minimum absolute atomic E-state index is 0.700. The van der Waals surface area contributed by atoms with Crippen molar-refractivity contribution in [2.75, 3.05) is 0 Å². The lowest BCUT2D eigenvalue weighted by molar-refractivity contribution is 0.283. The summed E-state index contributed by atoms with van der Waals surface area (Å²) in [6, 6.07) is 43.5. The Morgan fingerprint density at radius 2 is 0.696 bits per heavy atom. The fraction of sp³-hybridized carbons (Fsp3) is 0.739. The Kier molecular flexibility index (Phi) is 51.9. The third kappa shape index (κ3) is 47.7. The first-order valence-corrected chi connectivity index (χ1v) is 40.1. The Balaban J connectivity index is 0.000000531. The molecule has 0 bridgehead atoms. The first kappa shape index (κ1) is 86.9. The van der Waals surface area contributed by atoms with Gasteiger partial charge in [0.15, 0.2) is 0 Å². The van der Waals surface area contributed by atoms with Crippen LogP contribution in [0.5, 0.6) is 0 Å². The van der Waals surface area contributed by atoms with Crippen LogP contribution in [0.2, 0.25) is 0 Å². The molecule has 8 rings (SSSR count). The van der Waals surface area contributed by atoms with E-state index in [1.807, 2.05) is 0 Å². The summed E-state index contributed by atoms with van der Waals surface area (Å²) in [5, 5.41) is 0. The summed E-state index contributed by atoms with van der Waals surface area (Å²) in [4.78, 5) is 0. The fourth-order valence-corrected chi connectivity index (χ4v) is 15.2. The molecule has 0 amide bonds. The quantitative estimate of drug-likeness (QED) is 0.0656. The van der Waals surface area contributed by atoms with Gasteiger partial charge in [-0.25, -0.2) is 0 Å². The van der Waals surface area contributed by atoms with E-state index in [0.29, 0.717) is 5.92 Å². The first-order chi connectivity index (χ1) is 43.9. The van der Waals surface area contributed by atoms with Crippen molar-refractivity contribution in [3.05, 3.63) is 144 Å². The third-order valence-corrected chi connectivity index (χ3v) is 20.5. The summed E-state index contributed by atoms with van der Waals surface area (Å²) in [6.07, 6.45) is 42.9. The molecule has 4 aromatic rings. The summed E-state index contributed by atoms with van der Waals surface area (Å²) in [5.41, 5.74) is 6.04. The van der Waals surface area contributed by atoms with Gasteiger partial charge >= 0.3 is 0 Å². The lowest BCUT2D eigenvalue weighted by Crippen LogP contribution is -2.14. The van der Waals surface area contributed by atoms with E-state index in [1.54, 1.807) is 11.1 Å². The van der Waals surface area contributed by atoms with Crippen molar-refractivity contribution in [2.45, 2.75) is 356 Å². The van der Waals surface area contributed by atoms with Crippen molar-refractivity contribution >= 4 is 0 Å². The fourth-order valence-electron chi connectivity index (χ4n) is 15.2. The van der Waals surface area contributed by atoms with Gasteiger partial charge in [-0.1, -0.05) is 363 Å². The van der Waals surface area contributed by atoms with Crippen LogP contribution >= 0.6 is 0 Å². The average molecular weight is 1270 g/mol. The maximum Gasteiger partial charge on any atom is -0.0159 e. The van der Waals surface area contributed by atoms with Gasteiger partial charge in [0.05, 0.1) is 0 Å². The first-order valence-electron chi connectivity index (χ1n) is 40.1. The highest BCUT2D eigenvalue weighted by molar-refractivity contribution is 5.22. The normalized spacial score (nSPS) is 19.0. The molecular weight excluding hydrogens is 1110 g/mol. The highest BCUT2D eigenvalue weighted by Gasteiger charge is 2.26. The summed E-state index contributed by atoms with van der Waals surface area (Å²) >= 11 is 0. The van der Waals surface area contributed by atoms with Crippen molar-refractivity contribution in [1.82, 2.24) is 0 Å². The average Bonchev–Trinajstić information content (AvgIpc) is 2.38. The van der Waals surface area contributed by atoms with Crippen LogP contribution in [-0.4, -0.2) is 0 Å². The van der Waals surface area contributed by atoms with Gasteiger partial charge in [0.1, 0.15) is 0 Å². The van der Waals surface area contributed by atoms with Crippen LogP contribution in [-0.2, 0) is 6.42 Å². The van der Waals surface area contributed by atoms with E-state index in [9.17, 15) is 0 Å². The number of hydrogen-bond acceptors (Lipinski definition) is 0. The van der Waals surface area contributed by atoms with Gasteiger partial charge in [0.25, 0.3) is 0 Å². The second-order valence-corrected chi connectivity index (χ2v) is 33.6. The van der Waals surface area contributed by atoms with Crippen molar-refractivity contribution in [1.29, 1.82) is 0 Å². The predicted octanol–water partition coefficient (Wildman–Crippen LogP) is 30.9. The van der Waals surface area contributed by atoms with Crippen molar-refractivity contribution in [2.24, 2.45) is 82.9 Å². The Morgan fingerprint density at radius 3 is 1.09 bits per heavy atom. The topological polar surface area (TPSA) is 0 Å². The summed E-state index contributed by atoms with van der Waals surface area (Å²) in [6.45, 7) is 48.5. The van der Waals surface area contributed by atoms with Gasteiger partial charge in [0, 0.05) is 0 Å². The molecule has 4 aliphatic carbocycles. The molecule has 0 heteroatoms. The molecule has 2 unspecified atom stereocenters. The molecule has 0 saturated heterocycles. The van der Waals surface area contributed by atoms with Gasteiger partial charge in [-0.15, -0.1) is 0 Å². The number of rotatable bonds is 24. The summed E-state index contributed by atoms with van der Waals surface area (Å²) in [5.74, 6) is 15.4. The maximum absolute atomic E-state index is 2.35. The molecule has 0 N–H and O–H groups in total. The van der Waals surface area contributed by atoms with E-state index in [1.165, 1.54) is 204 Å². The highest BCUT2D eigenvalue weighted by atomic mass is 14.3. The predicted molar refractivity (Wildman–Crippen MR) is 420 cm³/mol. The molecule has 0 heterocycles. The Morgan fingerprint density at radius 1 is 0.315 bits per heavy atom. The van der Waals surface area contributed by atoms with Crippen LogP contribution in [0.3, 0.4) is 0 Å². The van der Waals surface area contributed by atoms with Crippen LogP contribution in [0.4, 0.5) is 0 Å². The van der Waals surface area contributed by atoms with Gasteiger partial charge in [0.2, 0.25) is 0 Å². The van der Waals surface area contributed by atoms with Crippen LogP contribution in [0.15, 0.2) is 121 Å². The zero-order chi connectivity index (χ0) is 68.5. The summed E-state index contributed by atoms with van der Waals surface area (Å²) in [7, 11) is 0. The zero-order valence-electron chi connectivity index (χ0n) is 65.6. The molecule has 0 aromatic heterocycles. The monoisotopic (exact) mass is 1270 g/mol. The minimum atomic E-state index is 0.700. The van der Waals surface area contributed by atoms with Gasteiger partial charge in [-0.3, -0.25) is 0 Å². The van der Waals surface area contributed by atoms with E-state index in [4.69, 9.17) is 0 Å². The van der Waals surface area contributed by atoms with Crippen molar-refractivity contribution in [3.63, 3.8) is 0 Å². The molecule has 0 nitrogen and oxygen atoms in total. The highest BCUT2D eigenvalue weighted by Crippen LogP contribution is 2.41. The van der Waals surface area contributed by atoms with E-state index in [2.05, 4.69) is 267 Å². The third-order valence-electron chi connectivity index (χ3n) is 20.5. The molecular formula is C92H160. The summed E-state index contributed by atoms with van der Waals surface area (Å²) < 4.78 is 0. The smallest absolute Gasteiger partial charge is 0.0159 e. The molecule has 4 aliphatic rings.